The van der Waals surface area contributed by atoms with Crippen LogP contribution < -0.4 is 14.8 Å². The van der Waals surface area contributed by atoms with Gasteiger partial charge in [-0.3, -0.25) is 0 Å². The van der Waals surface area contributed by atoms with Crippen LogP contribution in [0.3, 0.4) is 0 Å². The van der Waals surface area contributed by atoms with E-state index in [4.69, 9.17) is 9.47 Å². The summed E-state index contributed by atoms with van der Waals surface area (Å²) in [5.74, 6) is 1.51. The van der Waals surface area contributed by atoms with E-state index in [1.165, 1.54) is 5.57 Å². The Kier molecular flexibility index (Phi) is 5.43. The fourth-order valence-electron chi connectivity index (χ4n) is 1.68. The van der Waals surface area contributed by atoms with Gasteiger partial charge >= 0.3 is 0 Å². The summed E-state index contributed by atoms with van der Waals surface area (Å²) in [6.07, 6.45) is 2.15. The number of hydrogen-bond acceptors (Lipinski definition) is 3. The molecule has 1 rings (SSSR count). The predicted molar refractivity (Wildman–Crippen MR) is 81.0 cm³/mol. The van der Waals surface area contributed by atoms with Gasteiger partial charge in [0, 0.05) is 12.1 Å². The van der Waals surface area contributed by atoms with Crippen LogP contribution in [0.25, 0.3) is 6.08 Å². The molecule has 1 aromatic rings. The first-order valence-electron chi connectivity index (χ1n) is 6.50. The highest BCUT2D eigenvalue weighted by Crippen LogP contribution is 2.28. The fraction of sp³-hybridized carbons (Fsp3) is 0.500. The van der Waals surface area contributed by atoms with E-state index in [0.717, 1.165) is 23.6 Å². The normalized spacial score (nSPS) is 12.4. The maximum Gasteiger partial charge on any atom is 0.161 e. The van der Waals surface area contributed by atoms with E-state index in [2.05, 4.69) is 39.1 Å². The maximum atomic E-state index is 5.30. The van der Waals surface area contributed by atoms with Crippen LogP contribution in [0.1, 0.15) is 33.3 Å². The van der Waals surface area contributed by atoms with Crippen molar-refractivity contribution >= 4 is 6.08 Å². The van der Waals surface area contributed by atoms with Gasteiger partial charge in [0.25, 0.3) is 0 Å². The van der Waals surface area contributed by atoms with E-state index in [0.29, 0.717) is 0 Å². The molecule has 0 atom stereocenters. The zero-order chi connectivity index (χ0) is 14.5. The Morgan fingerprint density at radius 2 is 1.79 bits per heavy atom. The van der Waals surface area contributed by atoms with Crippen LogP contribution in [0.4, 0.5) is 0 Å². The minimum absolute atomic E-state index is 0.132. The Hall–Kier alpha value is -1.48. The van der Waals surface area contributed by atoms with Crippen molar-refractivity contribution in [2.75, 3.05) is 20.8 Å². The Morgan fingerprint density at radius 3 is 2.32 bits per heavy atom. The second-order valence-corrected chi connectivity index (χ2v) is 5.71. The zero-order valence-corrected chi connectivity index (χ0v) is 12.8. The van der Waals surface area contributed by atoms with Crippen LogP contribution in [0, 0.1) is 0 Å². The van der Waals surface area contributed by atoms with E-state index in [1.54, 1.807) is 14.2 Å². The molecule has 0 aromatic heterocycles. The first-order valence-corrected chi connectivity index (χ1v) is 6.50. The van der Waals surface area contributed by atoms with Gasteiger partial charge in [0.15, 0.2) is 11.5 Å². The highest BCUT2D eigenvalue weighted by atomic mass is 16.5. The summed E-state index contributed by atoms with van der Waals surface area (Å²) in [7, 11) is 3.30. The standard InChI is InChI=1S/C16H25NO2/c1-12(11-17-16(2,3)4)9-13-7-8-14(18-5)15(10-13)19-6/h7-10,17H,11H2,1-6H3. The molecule has 0 spiro atoms. The molecule has 0 aliphatic rings. The number of benzene rings is 1. The molecule has 0 radical (unpaired) electrons. The molecule has 3 nitrogen and oxygen atoms in total. The molecular formula is C16H25NO2. The maximum absolute atomic E-state index is 5.30. The molecule has 0 aliphatic carbocycles. The fourth-order valence-corrected chi connectivity index (χ4v) is 1.68. The average molecular weight is 263 g/mol. The van der Waals surface area contributed by atoms with Crippen molar-refractivity contribution in [1.29, 1.82) is 0 Å². The highest BCUT2D eigenvalue weighted by Gasteiger charge is 2.08. The monoisotopic (exact) mass is 263 g/mol. The smallest absolute Gasteiger partial charge is 0.161 e. The van der Waals surface area contributed by atoms with E-state index >= 15 is 0 Å². The van der Waals surface area contributed by atoms with Crippen LogP contribution in [0.15, 0.2) is 23.8 Å². The van der Waals surface area contributed by atoms with Gasteiger partial charge in [-0.15, -0.1) is 0 Å². The molecule has 1 aromatic carbocycles. The van der Waals surface area contributed by atoms with E-state index in [-0.39, 0.29) is 5.54 Å². The van der Waals surface area contributed by atoms with Gasteiger partial charge in [-0.2, -0.15) is 0 Å². The molecule has 106 valence electrons. The SMILES string of the molecule is COc1ccc(C=C(C)CNC(C)(C)C)cc1OC. The molecule has 0 saturated heterocycles. The second-order valence-electron chi connectivity index (χ2n) is 5.71. The predicted octanol–water partition coefficient (Wildman–Crippen LogP) is 3.50. The third kappa shape index (κ3) is 5.35. The van der Waals surface area contributed by atoms with Gasteiger partial charge in [0.05, 0.1) is 14.2 Å². The van der Waals surface area contributed by atoms with Gasteiger partial charge in [-0.05, 0) is 45.4 Å². The highest BCUT2D eigenvalue weighted by molar-refractivity contribution is 5.58. The number of ether oxygens (including phenoxy) is 2. The molecule has 0 saturated carbocycles. The van der Waals surface area contributed by atoms with Crippen LogP contribution in [-0.2, 0) is 0 Å². The Morgan fingerprint density at radius 1 is 1.16 bits per heavy atom. The Bertz CT molecular complexity index is 445. The summed E-state index contributed by atoms with van der Waals surface area (Å²) in [5.41, 5.74) is 2.53. The zero-order valence-electron chi connectivity index (χ0n) is 12.8. The van der Waals surface area contributed by atoms with Crippen molar-refractivity contribution in [3.8, 4) is 11.5 Å². The summed E-state index contributed by atoms with van der Waals surface area (Å²) in [6, 6.07) is 5.94. The first-order chi connectivity index (χ1) is 8.85. The quantitative estimate of drug-likeness (QED) is 0.882. The summed E-state index contributed by atoms with van der Waals surface area (Å²) in [5, 5.41) is 3.47. The van der Waals surface area contributed by atoms with E-state index < -0.39 is 0 Å². The largest absolute Gasteiger partial charge is 0.493 e. The summed E-state index contributed by atoms with van der Waals surface area (Å²) in [6.45, 7) is 9.48. The molecule has 0 unspecified atom stereocenters. The van der Waals surface area contributed by atoms with Crippen LogP contribution in [0.2, 0.25) is 0 Å². The Labute approximate surface area is 116 Å². The van der Waals surface area contributed by atoms with Crippen molar-refractivity contribution in [2.24, 2.45) is 0 Å². The van der Waals surface area contributed by atoms with Crippen LogP contribution in [-0.4, -0.2) is 26.3 Å². The van der Waals surface area contributed by atoms with Crippen molar-refractivity contribution in [3.63, 3.8) is 0 Å². The minimum Gasteiger partial charge on any atom is -0.493 e. The Balaban J connectivity index is 2.80. The second kappa shape index (κ2) is 6.62. The molecule has 3 heteroatoms. The van der Waals surface area contributed by atoms with E-state index in [9.17, 15) is 0 Å². The number of rotatable bonds is 5. The lowest BCUT2D eigenvalue weighted by Crippen LogP contribution is -2.36. The van der Waals surface area contributed by atoms with Gasteiger partial charge in [-0.1, -0.05) is 17.7 Å². The third-order valence-corrected chi connectivity index (χ3v) is 2.72. The van der Waals surface area contributed by atoms with Crippen molar-refractivity contribution < 1.29 is 9.47 Å². The van der Waals surface area contributed by atoms with Gasteiger partial charge in [-0.25, -0.2) is 0 Å². The first kappa shape index (κ1) is 15.6. The molecule has 0 bridgehead atoms. The van der Waals surface area contributed by atoms with E-state index in [1.807, 2.05) is 18.2 Å². The number of nitrogens with one attached hydrogen (secondary N) is 1. The van der Waals surface area contributed by atoms with Crippen LogP contribution in [0.5, 0.6) is 11.5 Å². The lowest BCUT2D eigenvalue weighted by atomic mass is 10.1. The average Bonchev–Trinajstić information content (AvgIpc) is 2.35. The molecular weight excluding hydrogens is 238 g/mol. The molecule has 0 amide bonds. The van der Waals surface area contributed by atoms with Gasteiger partial charge in [0.1, 0.15) is 0 Å². The molecule has 0 fully saturated rings. The summed E-state index contributed by atoms with van der Waals surface area (Å²) >= 11 is 0. The summed E-state index contributed by atoms with van der Waals surface area (Å²) < 4.78 is 10.5. The molecule has 19 heavy (non-hydrogen) atoms. The number of hydrogen-bond donors (Lipinski definition) is 1. The van der Waals surface area contributed by atoms with Crippen LogP contribution >= 0.6 is 0 Å². The van der Waals surface area contributed by atoms with Crippen molar-refractivity contribution in [2.45, 2.75) is 33.2 Å². The molecule has 0 aliphatic heterocycles. The third-order valence-electron chi connectivity index (χ3n) is 2.72. The topological polar surface area (TPSA) is 30.5 Å². The minimum atomic E-state index is 0.132. The van der Waals surface area contributed by atoms with Crippen molar-refractivity contribution in [3.05, 3.63) is 29.3 Å². The number of methoxy groups -OCH3 is 2. The molecule has 1 N–H and O–H groups in total. The lowest BCUT2D eigenvalue weighted by molar-refractivity contribution is 0.355. The molecule has 0 heterocycles. The van der Waals surface area contributed by atoms with Gasteiger partial charge < -0.3 is 14.8 Å². The lowest BCUT2D eigenvalue weighted by Gasteiger charge is -2.20. The van der Waals surface area contributed by atoms with Crippen molar-refractivity contribution in [1.82, 2.24) is 5.32 Å². The van der Waals surface area contributed by atoms with Gasteiger partial charge in [0.2, 0.25) is 0 Å². The summed E-state index contributed by atoms with van der Waals surface area (Å²) in [4.78, 5) is 0.